The minimum Gasteiger partial charge on any atom is -0.297 e. The first-order chi connectivity index (χ1) is 10.8. The fraction of sp³-hybridized carbons (Fsp3) is 0.154. The zero-order chi connectivity index (χ0) is 17.0. The Bertz CT molecular complexity index is 746. The molecule has 0 saturated heterocycles. The summed E-state index contributed by atoms with van der Waals surface area (Å²) in [6.07, 6.45) is -2.24. The van der Waals surface area contributed by atoms with E-state index in [9.17, 15) is 18.0 Å². The van der Waals surface area contributed by atoms with Crippen LogP contribution >= 0.6 is 34.5 Å². The van der Waals surface area contributed by atoms with E-state index in [-0.39, 0.29) is 21.6 Å². The second kappa shape index (κ2) is 7.29. The zero-order valence-electron chi connectivity index (χ0n) is 11.2. The van der Waals surface area contributed by atoms with Gasteiger partial charge in [-0.05, 0) is 29.8 Å². The molecule has 2 aromatic rings. The second-order valence-electron chi connectivity index (χ2n) is 4.19. The number of carbonyl (C=O) groups is 1. The molecule has 0 unspecified atom stereocenters. The number of rotatable bonds is 4. The Hall–Kier alpha value is -1.64. The molecule has 0 aliphatic heterocycles. The van der Waals surface area contributed by atoms with Gasteiger partial charge in [0.2, 0.25) is 11.0 Å². The minimum atomic E-state index is -4.49. The van der Waals surface area contributed by atoms with Crippen LogP contribution in [0, 0.1) is 0 Å². The van der Waals surface area contributed by atoms with Crippen molar-refractivity contribution >= 4 is 51.7 Å². The first-order valence-corrected chi connectivity index (χ1v) is 7.76. The van der Waals surface area contributed by atoms with Crippen LogP contribution in [0.2, 0.25) is 5.02 Å². The van der Waals surface area contributed by atoms with Gasteiger partial charge in [-0.15, -0.1) is 21.8 Å². The first kappa shape index (κ1) is 17.7. The van der Waals surface area contributed by atoms with E-state index in [2.05, 4.69) is 15.5 Å². The number of amides is 1. The summed E-state index contributed by atoms with van der Waals surface area (Å²) in [7, 11) is 0. The van der Waals surface area contributed by atoms with Crippen LogP contribution in [0.3, 0.4) is 0 Å². The maximum Gasteiger partial charge on any atom is 0.416 e. The summed E-state index contributed by atoms with van der Waals surface area (Å²) in [5.41, 5.74) is -0.770. The van der Waals surface area contributed by atoms with Crippen molar-refractivity contribution in [2.45, 2.75) is 12.1 Å². The van der Waals surface area contributed by atoms with Crippen molar-refractivity contribution in [3.8, 4) is 0 Å². The largest absolute Gasteiger partial charge is 0.416 e. The number of benzene rings is 1. The Morgan fingerprint density at radius 2 is 2.09 bits per heavy atom. The van der Waals surface area contributed by atoms with Crippen LogP contribution < -0.4 is 5.32 Å². The molecule has 23 heavy (non-hydrogen) atoms. The van der Waals surface area contributed by atoms with Gasteiger partial charge < -0.3 is 0 Å². The molecule has 122 valence electrons. The van der Waals surface area contributed by atoms with Gasteiger partial charge in [-0.2, -0.15) is 13.2 Å². The second-order valence-corrected chi connectivity index (χ2v) is 5.93. The third kappa shape index (κ3) is 4.92. The molecule has 0 fully saturated rings. The van der Waals surface area contributed by atoms with Crippen molar-refractivity contribution < 1.29 is 18.0 Å². The molecule has 0 atom stereocenters. The van der Waals surface area contributed by atoms with Crippen LogP contribution in [0.15, 0.2) is 24.3 Å². The number of carbonyl (C=O) groups excluding carboxylic acids is 1. The summed E-state index contributed by atoms with van der Waals surface area (Å²) in [4.78, 5) is 11.7. The predicted molar refractivity (Wildman–Crippen MR) is 83.6 cm³/mol. The van der Waals surface area contributed by atoms with E-state index in [1.54, 1.807) is 0 Å². The number of nitrogens with one attached hydrogen (secondary N) is 1. The van der Waals surface area contributed by atoms with Gasteiger partial charge in [0.25, 0.3) is 0 Å². The highest BCUT2D eigenvalue weighted by Gasteiger charge is 2.30. The molecule has 1 aromatic carbocycles. The monoisotopic (exact) mass is 381 g/mol. The van der Waals surface area contributed by atoms with Gasteiger partial charge in [0.1, 0.15) is 5.01 Å². The lowest BCUT2D eigenvalue weighted by Gasteiger charge is -2.08. The molecular weight excluding hydrogens is 374 g/mol. The highest BCUT2D eigenvalue weighted by atomic mass is 35.5. The molecule has 0 aliphatic carbocycles. The topological polar surface area (TPSA) is 54.9 Å². The average molecular weight is 382 g/mol. The number of nitrogens with zero attached hydrogens (tertiary/aromatic N) is 2. The Kier molecular flexibility index (Phi) is 5.61. The fourth-order valence-corrected chi connectivity index (χ4v) is 2.51. The summed E-state index contributed by atoms with van der Waals surface area (Å²) < 4.78 is 38.0. The van der Waals surface area contributed by atoms with Gasteiger partial charge in [0, 0.05) is 11.1 Å². The summed E-state index contributed by atoms with van der Waals surface area (Å²) in [6.45, 7) is 0. The SMILES string of the molecule is O=C(/C=C/c1cc(C(F)(F)F)ccc1Cl)Nc1nnc(CCl)s1. The number of aromatic nitrogens is 2. The lowest BCUT2D eigenvalue weighted by molar-refractivity contribution is -0.137. The van der Waals surface area contributed by atoms with Gasteiger partial charge in [0.15, 0.2) is 0 Å². The molecular formula is C13H8Cl2F3N3OS. The lowest BCUT2D eigenvalue weighted by Crippen LogP contribution is -2.07. The van der Waals surface area contributed by atoms with Crippen molar-refractivity contribution in [3.63, 3.8) is 0 Å². The number of hydrogen-bond acceptors (Lipinski definition) is 4. The first-order valence-electron chi connectivity index (χ1n) is 6.04. The smallest absolute Gasteiger partial charge is 0.297 e. The molecule has 0 radical (unpaired) electrons. The highest BCUT2D eigenvalue weighted by Crippen LogP contribution is 2.32. The van der Waals surface area contributed by atoms with Crippen LogP contribution in [0.1, 0.15) is 16.1 Å². The van der Waals surface area contributed by atoms with E-state index in [1.807, 2.05) is 0 Å². The van der Waals surface area contributed by atoms with Crippen molar-refractivity contribution in [2.75, 3.05) is 5.32 Å². The predicted octanol–water partition coefficient (Wildman–Crippen LogP) is 4.60. The minimum absolute atomic E-state index is 0.0790. The summed E-state index contributed by atoms with van der Waals surface area (Å²) in [6, 6.07) is 2.86. The van der Waals surface area contributed by atoms with Crippen LogP contribution in [-0.4, -0.2) is 16.1 Å². The normalized spacial score (nSPS) is 11.9. The standard InChI is InChI=1S/C13H8Cl2F3N3OS/c14-6-11-20-21-12(23-11)19-10(22)4-1-7-5-8(13(16,17)18)2-3-9(7)15/h1-5H,6H2,(H,19,21,22)/b4-1+. The third-order valence-corrected chi connectivity index (χ3v) is 4.14. The van der Waals surface area contributed by atoms with Crippen LogP contribution in [0.4, 0.5) is 18.3 Å². The van der Waals surface area contributed by atoms with E-state index in [4.69, 9.17) is 23.2 Å². The van der Waals surface area contributed by atoms with Gasteiger partial charge in [-0.25, -0.2) is 0 Å². The number of alkyl halides is 4. The maximum absolute atomic E-state index is 12.7. The highest BCUT2D eigenvalue weighted by molar-refractivity contribution is 7.15. The number of halogens is 5. The van der Waals surface area contributed by atoms with Crippen LogP contribution in [0.5, 0.6) is 0 Å². The van der Waals surface area contributed by atoms with E-state index in [0.29, 0.717) is 5.01 Å². The summed E-state index contributed by atoms with van der Waals surface area (Å²) >= 11 is 12.5. The third-order valence-electron chi connectivity index (χ3n) is 2.55. The molecule has 1 N–H and O–H groups in total. The molecule has 1 heterocycles. The molecule has 10 heteroatoms. The van der Waals surface area contributed by atoms with Gasteiger partial charge in [0.05, 0.1) is 11.4 Å². The Labute approximate surface area is 142 Å². The Balaban J connectivity index is 2.11. The van der Waals surface area contributed by atoms with E-state index in [1.165, 1.54) is 6.08 Å². The average Bonchev–Trinajstić information content (AvgIpc) is 2.92. The van der Waals surface area contributed by atoms with Crippen molar-refractivity contribution in [1.82, 2.24) is 10.2 Å². The molecule has 0 aliphatic rings. The molecule has 0 spiro atoms. The molecule has 4 nitrogen and oxygen atoms in total. The Morgan fingerprint density at radius 3 is 2.70 bits per heavy atom. The molecule has 1 aromatic heterocycles. The fourth-order valence-electron chi connectivity index (χ4n) is 1.52. The molecule has 0 saturated carbocycles. The summed E-state index contributed by atoms with van der Waals surface area (Å²) in [5, 5.41) is 10.7. The molecule has 1 amide bonds. The molecule has 0 bridgehead atoms. The zero-order valence-corrected chi connectivity index (χ0v) is 13.5. The van der Waals surface area contributed by atoms with Gasteiger partial charge >= 0.3 is 6.18 Å². The van der Waals surface area contributed by atoms with Gasteiger partial charge in [-0.1, -0.05) is 22.9 Å². The molecule has 2 rings (SSSR count). The van der Waals surface area contributed by atoms with Crippen LogP contribution in [0.25, 0.3) is 6.08 Å². The van der Waals surface area contributed by atoms with E-state index >= 15 is 0 Å². The lowest BCUT2D eigenvalue weighted by atomic mass is 10.1. The quantitative estimate of drug-likeness (QED) is 0.621. The van der Waals surface area contributed by atoms with Crippen LogP contribution in [-0.2, 0) is 16.9 Å². The number of hydrogen-bond donors (Lipinski definition) is 1. The summed E-state index contributed by atoms with van der Waals surface area (Å²) in [5.74, 6) is -0.404. The van der Waals surface area contributed by atoms with E-state index < -0.39 is 17.6 Å². The van der Waals surface area contributed by atoms with Crippen molar-refractivity contribution in [2.24, 2.45) is 0 Å². The Morgan fingerprint density at radius 1 is 1.35 bits per heavy atom. The number of anilines is 1. The van der Waals surface area contributed by atoms with E-state index in [0.717, 1.165) is 35.6 Å². The van der Waals surface area contributed by atoms with Crippen molar-refractivity contribution in [3.05, 3.63) is 45.4 Å². The maximum atomic E-state index is 12.7. The van der Waals surface area contributed by atoms with Crippen molar-refractivity contribution in [1.29, 1.82) is 0 Å². The van der Waals surface area contributed by atoms with Gasteiger partial charge in [-0.3, -0.25) is 10.1 Å².